The summed E-state index contributed by atoms with van der Waals surface area (Å²) in [5.41, 5.74) is 2.87. The first-order chi connectivity index (χ1) is 6.91. The van der Waals surface area contributed by atoms with E-state index in [9.17, 15) is 0 Å². The highest BCUT2D eigenvalue weighted by molar-refractivity contribution is 4.39. The first kappa shape index (κ1) is 13.9. The average Bonchev–Trinajstić information content (AvgIpc) is 2.21. The summed E-state index contributed by atoms with van der Waals surface area (Å²) in [5.74, 6) is 0. The minimum Gasteiger partial charge on any atom is -0.379 e. The average molecular weight is 203 g/mol. The molecule has 0 saturated heterocycles. The molecule has 0 aromatic heterocycles. The molecule has 1 N–H and O–H groups in total. The maximum absolute atomic E-state index is 5.40. The van der Waals surface area contributed by atoms with Gasteiger partial charge in [0.2, 0.25) is 0 Å². The van der Waals surface area contributed by atoms with Crippen LogP contribution in [0.5, 0.6) is 0 Å². The van der Waals surface area contributed by atoms with E-state index in [1.807, 2.05) is 0 Å². The van der Waals surface area contributed by atoms with Gasteiger partial charge in [0.25, 0.3) is 0 Å². The zero-order chi connectivity index (χ0) is 10.5. The van der Waals surface area contributed by atoms with Crippen LogP contribution in [0.2, 0.25) is 0 Å². The zero-order valence-corrected chi connectivity index (χ0v) is 9.68. The van der Waals surface area contributed by atoms with Crippen LogP contribution in [-0.2, 0) is 9.57 Å². The Labute approximate surface area is 88.1 Å². The molecule has 3 heteroatoms. The molecule has 0 spiro atoms. The normalized spacial score (nSPS) is 10.7. The molecule has 86 valence electrons. The Hall–Kier alpha value is -0.120. The molecular weight excluding hydrogens is 178 g/mol. The molecule has 0 amide bonds. The predicted octanol–water partition coefficient (Wildman–Crippen LogP) is 2.51. The van der Waals surface area contributed by atoms with Crippen molar-refractivity contribution in [3.05, 3.63) is 0 Å². The molecule has 0 unspecified atom stereocenters. The van der Waals surface area contributed by atoms with Crippen LogP contribution in [0.4, 0.5) is 0 Å². The third-order valence-corrected chi connectivity index (χ3v) is 1.93. The number of ether oxygens (including phenoxy) is 1. The quantitative estimate of drug-likeness (QED) is 0.413. The van der Waals surface area contributed by atoms with E-state index in [2.05, 4.69) is 19.3 Å². The molecule has 0 rings (SSSR count). The lowest BCUT2D eigenvalue weighted by Crippen LogP contribution is -2.18. The molecule has 0 aromatic carbocycles. The number of nitrogens with one attached hydrogen (secondary N) is 1. The Morgan fingerprint density at radius 3 is 2.43 bits per heavy atom. The van der Waals surface area contributed by atoms with Crippen LogP contribution < -0.4 is 5.48 Å². The van der Waals surface area contributed by atoms with Crippen molar-refractivity contribution in [1.29, 1.82) is 0 Å². The number of hydrogen-bond donors (Lipinski definition) is 1. The van der Waals surface area contributed by atoms with Crippen LogP contribution in [0.1, 0.15) is 46.0 Å². The molecule has 0 aliphatic carbocycles. The van der Waals surface area contributed by atoms with Crippen LogP contribution in [-0.4, -0.2) is 26.4 Å². The van der Waals surface area contributed by atoms with Crippen LogP contribution in [0.15, 0.2) is 0 Å². The van der Waals surface area contributed by atoms with Crippen molar-refractivity contribution in [3.63, 3.8) is 0 Å². The van der Waals surface area contributed by atoms with E-state index in [4.69, 9.17) is 9.57 Å². The van der Waals surface area contributed by atoms with E-state index in [0.29, 0.717) is 13.2 Å². The monoisotopic (exact) mass is 203 g/mol. The van der Waals surface area contributed by atoms with Crippen molar-refractivity contribution in [2.45, 2.75) is 46.0 Å². The molecule has 0 radical (unpaired) electrons. The molecule has 0 fully saturated rings. The Bertz CT molecular complexity index is 87.3. The van der Waals surface area contributed by atoms with Gasteiger partial charge in [-0.2, -0.15) is 0 Å². The molecular formula is C11H25NO2. The maximum Gasteiger partial charge on any atom is 0.0916 e. The highest BCUT2D eigenvalue weighted by Gasteiger charge is 1.90. The Morgan fingerprint density at radius 2 is 1.71 bits per heavy atom. The fraction of sp³-hybridized carbons (Fsp3) is 1.00. The first-order valence-corrected chi connectivity index (χ1v) is 5.84. The zero-order valence-electron chi connectivity index (χ0n) is 9.68. The lowest BCUT2D eigenvalue weighted by Gasteiger charge is -2.05. The van der Waals surface area contributed by atoms with E-state index in [0.717, 1.165) is 19.6 Å². The van der Waals surface area contributed by atoms with Gasteiger partial charge in [0, 0.05) is 13.2 Å². The van der Waals surface area contributed by atoms with Crippen molar-refractivity contribution >= 4 is 0 Å². The van der Waals surface area contributed by atoms with E-state index in [-0.39, 0.29) is 0 Å². The van der Waals surface area contributed by atoms with Gasteiger partial charge >= 0.3 is 0 Å². The third-order valence-electron chi connectivity index (χ3n) is 1.93. The third kappa shape index (κ3) is 11.9. The lowest BCUT2D eigenvalue weighted by atomic mass is 10.2. The highest BCUT2D eigenvalue weighted by atomic mass is 16.7. The minimum atomic E-state index is 0.647. The van der Waals surface area contributed by atoms with Gasteiger partial charge in [-0.25, -0.2) is 5.48 Å². The SMILES string of the molecule is CCCCCCOCCONCCC. The van der Waals surface area contributed by atoms with E-state index < -0.39 is 0 Å². The van der Waals surface area contributed by atoms with Gasteiger partial charge < -0.3 is 4.74 Å². The van der Waals surface area contributed by atoms with Crippen molar-refractivity contribution in [2.24, 2.45) is 0 Å². The molecule has 0 aliphatic heterocycles. The summed E-state index contributed by atoms with van der Waals surface area (Å²) < 4.78 is 5.40. The highest BCUT2D eigenvalue weighted by Crippen LogP contribution is 1.98. The smallest absolute Gasteiger partial charge is 0.0916 e. The number of rotatable bonds is 11. The van der Waals surface area contributed by atoms with Crippen molar-refractivity contribution in [1.82, 2.24) is 5.48 Å². The maximum atomic E-state index is 5.40. The van der Waals surface area contributed by atoms with Crippen molar-refractivity contribution in [2.75, 3.05) is 26.4 Å². The molecule has 0 saturated carbocycles. The van der Waals surface area contributed by atoms with Crippen LogP contribution in [0, 0.1) is 0 Å². The molecule has 0 bridgehead atoms. The van der Waals surface area contributed by atoms with Crippen LogP contribution in [0.3, 0.4) is 0 Å². The molecule has 0 aliphatic rings. The van der Waals surface area contributed by atoms with Gasteiger partial charge in [0.05, 0.1) is 13.2 Å². The second-order valence-electron chi connectivity index (χ2n) is 3.42. The van der Waals surface area contributed by atoms with Gasteiger partial charge in [-0.3, -0.25) is 4.84 Å². The summed E-state index contributed by atoms with van der Waals surface area (Å²) >= 11 is 0. The standard InChI is InChI=1S/C11H25NO2/c1-3-5-6-7-9-13-10-11-14-12-8-4-2/h12H,3-11H2,1-2H3. The summed E-state index contributed by atoms with van der Waals surface area (Å²) in [4.78, 5) is 5.13. The summed E-state index contributed by atoms with van der Waals surface area (Å²) in [6.45, 7) is 7.46. The number of unbranched alkanes of at least 4 members (excludes halogenated alkanes) is 3. The minimum absolute atomic E-state index is 0.647. The summed E-state index contributed by atoms with van der Waals surface area (Å²) in [7, 11) is 0. The van der Waals surface area contributed by atoms with Gasteiger partial charge in [-0.05, 0) is 12.8 Å². The number of hydroxylamine groups is 1. The molecule has 3 nitrogen and oxygen atoms in total. The topological polar surface area (TPSA) is 30.5 Å². The van der Waals surface area contributed by atoms with Crippen LogP contribution >= 0.6 is 0 Å². The Balaban J connectivity index is 2.78. The van der Waals surface area contributed by atoms with Gasteiger partial charge in [-0.15, -0.1) is 0 Å². The van der Waals surface area contributed by atoms with Gasteiger partial charge in [0.1, 0.15) is 0 Å². The van der Waals surface area contributed by atoms with Crippen molar-refractivity contribution in [3.8, 4) is 0 Å². The first-order valence-electron chi connectivity index (χ1n) is 5.84. The van der Waals surface area contributed by atoms with Gasteiger partial charge in [0.15, 0.2) is 0 Å². The predicted molar refractivity (Wildman–Crippen MR) is 59.2 cm³/mol. The number of hydrogen-bond acceptors (Lipinski definition) is 3. The Kier molecular flexibility index (Phi) is 12.8. The summed E-state index contributed by atoms with van der Waals surface area (Å²) in [5, 5.41) is 0. The van der Waals surface area contributed by atoms with E-state index >= 15 is 0 Å². The summed E-state index contributed by atoms with van der Waals surface area (Å²) in [6, 6.07) is 0. The van der Waals surface area contributed by atoms with Crippen LogP contribution in [0.25, 0.3) is 0 Å². The second kappa shape index (κ2) is 12.9. The fourth-order valence-corrected chi connectivity index (χ4v) is 1.08. The van der Waals surface area contributed by atoms with Crippen molar-refractivity contribution < 1.29 is 9.57 Å². The molecule has 0 heterocycles. The van der Waals surface area contributed by atoms with E-state index in [1.54, 1.807) is 0 Å². The Morgan fingerprint density at radius 1 is 0.857 bits per heavy atom. The molecule has 14 heavy (non-hydrogen) atoms. The molecule has 0 aromatic rings. The fourth-order valence-electron chi connectivity index (χ4n) is 1.08. The molecule has 0 atom stereocenters. The summed E-state index contributed by atoms with van der Waals surface area (Å²) in [6.07, 6.45) is 6.15. The second-order valence-corrected chi connectivity index (χ2v) is 3.42. The van der Waals surface area contributed by atoms with E-state index in [1.165, 1.54) is 25.7 Å². The van der Waals surface area contributed by atoms with Gasteiger partial charge in [-0.1, -0.05) is 33.1 Å². The largest absolute Gasteiger partial charge is 0.379 e. The lowest BCUT2D eigenvalue weighted by molar-refractivity contribution is -0.00500.